The molecule has 3 N–H and O–H groups in total. The SMILES string of the molecule is Cc1noc(C)c1C(=O)N[C@@]1(C)CC2(CCN(Cc3ccn[nH]3)CC2)OC[C@@H]1O. The van der Waals surface area contributed by atoms with E-state index in [1.165, 1.54) is 0 Å². The highest BCUT2D eigenvalue weighted by Crippen LogP contribution is 2.40. The molecule has 2 atom stereocenters. The van der Waals surface area contributed by atoms with E-state index >= 15 is 0 Å². The van der Waals surface area contributed by atoms with Crippen molar-refractivity contribution in [2.45, 2.75) is 63.8 Å². The molecule has 9 nitrogen and oxygen atoms in total. The second-order valence-corrected chi connectivity index (χ2v) is 8.62. The van der Waals surface area contributed by atoms with Crippen molar-refractivity contribution < 1.29 is 19.2 Å². The highest BCUT2D eigenvalue weighted by atomic mass is 16.5. The van der Waals surface area contributed by atoms with Gasteiger partial charge in [0.1, 0.15) is 17.4 Å². The van der Waals surface area contributed by atoms with Crippen LogP contribution in [0.15, 0.2) is 16.8 Å². The molecule has 158 valence electrons. The Morgan fingerprint density at radius 2 is 2.17 bits per heavy atom. The van der Waals surface area contributed by atoms with E-state index in [4.69, 9.17) is 9.26 Å². The fourth-order valence-electron chi connectivity index (χ4n) is 4.59. The fraction of sp³-hybridized carbons (Fsp3) is 0.650. The molecule has 2 aliphatic rings. The monoisotopic (exact) mass is 403 g/mol. The number of carbonyl (C=O) groups excluding carboxylic acids is 1. The van der Waals surface area contributed by atoms with Gasteiger partial charge in [-0.3, -0.25) is 14.8 Å². The summed E-state index contributed by atoms with van der Waals surface area (Å²) in [5, 5.41) is 24.6. The number of likely N-dealkylation sites (tertiary alicyclic amines) is 1. The van der Waals surface area contributed by atoms with E-state index in [0.29, 0.717) is 23.4 Å². The van der Waals surface area contributed by atoms with Crippen LogP contribution >= 0.6 is 0 Å². The molecule has 1 spiro atoms. The minimum absolute atomic E-state index is 0.207. The van der Waals surface area contributed by atoms with Crippen LogP contribution in [-0.4, -0.2) is 68.2 Å². The first-order valence-electron chi connectivity index (χ1n) is 10.1. The zero-order chi connectivity index (χ0) is 20.6. The van der Waals surface area contributed by atoms with Crippen molar-refractivity contribution in [1.82, 2.24) is 25.6 Å². The topological polar surface area (TPSA) is 117 Å². The number of carbonyl (C=O) groups is 1. The number of aromatic amines is 1. The van der Waals surface area contributed by atoms with E-state index < -0.39 is 11.6 Å². The number of ether oxygens (including phenoxy) is 1. The number of amides is 1. The molecule has 0 saturated carbocycles. The average Bonchev–Trinajstić information content (AvgIpc) is 3.30. The van der Waals surface area contributed by atoms with E-state index in [9.17, 15) is 9.90 Å². The van der Waals surface area contributed by atoms with Crippen molar-refractivity contribution in [2.75, 3.05) is 19.7 Å². The molecule has 29 heavy (non-hydrogen) atoms. The molecule has 2 saturated heterocycles. The van der Waals surface area contributed by atoms with Crippen molar-refractivity contribution in [3.8, 4) is 0 Å². The minimum atomic E-state index is -0.781. The van der Waals surface area contributed by atoms with Crippen LogP contribution in [0.25, 0.3) is 0 Å². The van der Waals surface area contributed by atoms with Crippen LogP contribution in [-0.2, 0) is 11.3 Å². The van der Waals surface area contributed by atoms with Crippen LogP contribution < -0.4 is 5.32 Å². The molecule has 2 aromatic heterocycles. The molecule has 9 heteroatoms. The number of aromatic nitrogens is 3. The number of rotatable bonds is 4. The smallest absolute Gasteiger partial charge is 0.257 e. The number of H-pyrrole nitrogens is 1. The molecular formula is C20H29N5O4. The summed E-state index contributed by atoms with van der Waals surface area (Å²) >= 11 is 0. The predicted octanol–water partition coefficient (Wildman–Crippen LogP) is 1.32. The van der Waals surface area contributed by atoms with Gasteiger partial charge in [-0.2, -0.15) is 5.10 Å². The number of aliphatic hydroxyl groups excluding tert-OH is 1. The van der Waals surface area contributed by atoms with Crippen LogP contribution in [0.5, 0.6) is 0 Å². The summed E-state index contributed by atoms with van der Waals surface area (Å²) in [5.41, 5.74) is 0.958. The summed E-state index contributed by atoms with van der Waals surface area (Å²) in [6, 6.07) is 1.99. The van der Waals surface area contributed by atoms with Gasteiger partial charge in [-0.1, -0.05) is 5.16 Å². The maximum absolute atomic E-state index is 12.9. The lowest BCUT2D eigenvalue weighted by atomic mass is 9.74. The molecule has 2 aliphatic heterocycles. The van der Waals surface area contributed by atoms with Crippen LogP contribution in [0.2, 0.25) is 0 Å². The van der Waals surface area contributed by atoms with Crippen molar-refractivity contribution in [3.05, 3.63) is 35.0 Å². The summed E-state index contributed by atoms with van der Waals surface area (Å²) in [4.78, 5) is 15.3. The predicted molar refractivity (Wildman–Crippen MR) is 104 cm³/mol. The van der Waals surface area contributed by atoms with Gasteiger partial charge in [-0.15, -0.1) is 0 Å². The lowest BCUT2D eigenvalue weighted by molar-refractivity contribution is -0.177. The zero-order valence-corrected chi connectivity index (χ0v) is 17.2. The molecular weight excluding hydrogens is 374 g/mol. The standard InChI is InChI=1S/C20H29N5O4/c1-13-17(14(2)29-24-13)18(27)22-19(3)12-20(28-11-16(19)26)5-8-25(9-6-20)10-15-4-7-21-23-15/h4,7,16,26H,5-6,8-12H2,1-3H3,(H,21,23)(H,22,27)/t16-,19-/m0/s1. The maximum Gasteiger partial charge on any atom is 0.257 e. The minimum Gasteiger partial charge on any atom is -0.388 e. The highest BCUT2D eigenvalue weighted by Gasteiger charge is 2.50. The second-order valence-electron chi connectivity index (χ2n) is 8.62. The molecule has 4 heterocycles. The molecule has 0 aromatic carbocycles. The Bertz CT molecular complexity index is 837. The molecule has 1 amide bonds. The van der Waals surface area contributed by atoms with Crippen molar-refractivity contribution >= 4 is 5.91 Å². The van der Waals surface area contributed by atoms with Gasteiger partial charge in [-0.25, -0.2) is 0 Å². The zero-order valence-electron chi connectivity index (χ0n) is 17.2. The molecule has 4 rings (SSSR count). The van der Waals surface area contributed by atoms with E-state index in [-0.39, 0.29) is 18.1 Å². The van der Waals surface area contributed by atoms with Crippen LogP contribution in [0.3, 0.4) is 0 Å². The van der Waals surface area contributed by atoms with Gasteiger partial charge in [0, 0.05) is 37.9 Å². The maximum atomic E-state index is 12.9. The molecule has 2 fully saturated rings. The van der Waals surface area contributed by atoms with Crippen molar-refractivity contribution in [2.24, 2.45) is 0 Å². The first-order chi connectivity index (χ1) is 13.8. The second kappa shape index (κ2) is 7.55. The van der Waals surface area contributed by atoms with Gasteiger partial charge in [-0.05, 0) is 39.7 Å². The number of aliphatic hydroxyl groups is 1. The number of nitrogens with zero attached hydrogens (tertiary/aromatic N) is 3. The Morgan fingerprint density at radius 1 is 1.41 bits per heavy atom. The Balaban J connectivity index is 1.43. The van der Waals surface area contributed by atoms with Gasteiger partial charge in [0.2, 0.25) is 0 Å². The van der Waals surface area contributed by atoms with Gasteiger partial charge >= 0.3 is 0 Å². The van der Waals surface area contributed by atoms with Gasteiger partial charge < -0.3 is 19.7 Å². The largest absolute Gasteiger partial charge is 0.388 e. The van der Waals surface area contributed by atoms with Crippen molar-refractivity contribution in [3.63, 3.8) is 0 Å². The summed E-state index contributed by atoms with van der Waals surface area (Å²) in [6.45, 7) is 8.18. The Morgan fingerprint density at radius 3 is 2.79 bits per heavy atom. The van der Waals surface area contributed by atoms with E-state index in [2.05, 4.69) is 25.6 Å². The van der Waals surface area contributed by atoms with Gasteiger partial charge in [0.05, 0.1) is 23.4 Å². The number of piperidine rings is 1. The Labute approximate surface area is 169 Å². The molecule has 0 aliphatic carbocycles. The van der Waals surface area contributed by atoms with Gasteiger partial charge in [0.15, 0.2) is 0 Å². The third-order valence-electron chi connectivity index (χ3n) is 6.35. The van der Waals surface area contributed by atoms with Crippen LogP contribution in [0.4, 0.5) is 0 Å². The quantitative estimate of drug-likeness (QED) is 0.705. The third kappa shape index (κ3) is 3.94. The number of hydrogen-bond donors (Lipinski definition) is 3. The fourth-order valence-corrected chi connectivity index (χ4v) is 4.59. The van der Waals surface area contributed by atoms with Crippen molar-refractivity contribution in [1.29, 1.82) is 0 Å². The molecule has 2 aromatic rings. The lowest BCUT2D eigenvalue weighted by Crippen LogP contribution is -2.65. The van der Waals surface area contributed by atoms with Crippen LogP contribution in [0.1, 0.15) is 53.7 Å². The van der Waals surface area contributed by atoms with Crippen LogP contribution in [0, 0.1) is 13.8 Å². The number of aryl methyl sites for hydroxylation is 2. The summed E-state index contributed by atoms with van der Waals surface area (Å²) in [7, 11) is 0. The number of nitrogens with one attached hydrogen (secondary N) is 2. The van der Waals surface area contributed by atoms with Gasteiger partial charge in [0.25, 0.3) is 5.91 Å². The lowest BCUT2D eigenvalue weighted by Gasteiger charge is -2.52. The summed E-state index contributed by atoms with van der Waals surface area (Å²) in [6.07, 6.45) is 3.25. The Hall–Kier alpha value is -2.23. The average molecular weight is 403 g/mol. The van der Waals surface area contributed by atoms with E-state index in [1.54, 1.807) is 20.0 Å². The normalized spacial score (nSPS) is 27.2. The Kier molecular flexibility index (Phi) is 5.22. The third-order valence-corrected chi connectivity index (χ3v) is 6.35. The highest BCUT2D eigenvalue weighted by molar-refractivity contribution is 5.96. The summed E-state index contributed by atoms with van der Waals surface area (Å²) in [5.74, 6) is 0.212. The molecule has 0 bridgehead atoms. The number of hydrogen-bond acceptors (Lipinski definition) is 7. The van der Waals surface area contributed by atoms with E-state index in [1.807, 2.05) is 13.0 Å². The molecule has 0 radical (unpaired) electrons. The molecule has 0 unspecified atom stereocenters. The summed E-state index contributed by atoms with van der Waals surface area (Å²) < 4.78 is 11.3. The first kappa shape index (κ1) is 20.1. The first-order valence-corrected chi connectivity index (χ1v) is 10.1. The van der Waals surface area contributed by atoms with E-state index in [0.717, 1.165) is 38.2 Å².